The van der Waals surface area contributed by atoms with Crippen LogP contribution in [0.4, 0.5) is 4.39 Å². The van der Waals surface area contributed by atoms with Crippen LogP contribution in [0.5, 0.6) is 0 Å². The van der Waals surface area contributed by atoms with Crippen molar-refractivity contribution >= 4 is 35.1 Å². The molecule has 1 amide bonds. The van der Waals surface area contributed by atoms with Gasteiger partial charge in [-0.2, -0.15) is 5.10 Å². The van der Waals surface area contributed by atoms with Gasteiger partial charge >= 0.3 is 5.97 Å². The van der Waals surface area contributed by atoms with Crippen molar-refractivity contribution in [1.82, 2.24) is 14.7 Å². The number of aromatic nitrogens is 2. The SMILES string of the molecule is O=C(O)Cc1c(C(=O)N2CCc3cc(F)ccc3C2)nn(-c2ccccc2Cl)c1-c1ccc(Cl)cc1. The molecule has 0 radical (unpaired) electrons. The van der Waals surface area contributed by atoms with Crippen LogP contribution in [0.2, 0.25) is 10.0 Å². The standard InChI is InChI=1S/C27H20Cl2FN3O3/c28-19-8-5-16(6-9-19)26-21(14-24(34)35)25(31-33(26)23-4-2-1-3-22(23)29)27(36)32-12-11-17-13-20(30)10-7-18(17)15-32/h1-10,13H,11-12,14-15H2,(H,34,35). The molecule has 0 saturated carbocycles. The molecule has 1 aromatic heterocycles. The summed E-state index contributed by atoms with van der Waals surface area (Å²) in [7, 11) is 0. The Hall–Kier alpha value is -3.68. The summed E-state index contributed by atoms with van der Waals surface area (Å²) < 4.78 is 15.2. The topological polar surface area (TPSA) is 75.4 Å². The van der Waals surface area contributed by atoms with Crippen molar-refractivity contribution in [3.05, 3.63) is 105 Å². The van der Waals surface area contributed by atoms with E-state index in [1.165, 1.54) is 16.8 Å². The minimum absolute atomic E-state index is 0.0350. The highest BCUT2D eigenvalue weighted by atomic mass is 35.5. The molecule has 182 valence electrons. The fraction of sp³-hybridized carbons (Fsp3) is 0.148. The number of para-hydroxylation sites is 1. The molecule has 3 aromatic carbocycles. The third-order valence-corrected chi connectivity index (χ3v) is 6.75. The second-order valence-corrected chi connectivity index (χ2v) is 9.35. The minimum Gasteiger partial charge on any atom is -0.481 e. The fourth-order valence-corrected chi connectivity index (χ4v) is 4.83. The summed E-state index contributed by atoms with van der Waals surface area (Å²) in [5.41, 5.74) is 3.61. The van der Waals surface area contributed by atoms with E-state index in [4.69, 9.17) is 23.2 Å². The highest BCUT2D eigenvalue weighted by Crippen LogP contribution is 2.34. The number of halogens is 3. The van der Waals surface area contributed by atoms with E-state index in [0.717, 1.165) is 11.1 Å². The summed E-state index contributed by atoms with van der Waals surface area (Å²) >= 11 is 12.6. The molecule has 6 nitrogen and oxygen atoms in total. The summed E-state index contributed by atoms with van der Waals surface area (Å²) in [5.74, 6) is -1.82. The van der Waals surface area contributed by atoms with Crippen LogP contribution in [0.15, 0.2) is 66.7 Å². The number of hydrogen-bond donors (Lipinski definition) is 1. The molecule has 2 heterocycles. The Labute approximate surface area is 216 Å². The first-order chi connectivity index (χ1) is 17.3. The quantitative estimate of drug-likeness (QED) is 0.358. The Balaban J connectivity index is 1.66. The average molecular weight is 524 g/mol. The summed E-state index contributed by atoms with van der Waals surface area (Å²) in [4.78, 5) is 27.3. The van der Waals surface area contributed by atoms with E-state index < -0.39 is 18.3 Å². The lowest BCUT2D eigenvalue weighted by Crippen LogP contribution is -2.36. The molecule has 0 fully saturated rings. The van der Waals surface area contributed by atoms with Crippen LogP contribution in [-0.2, 0) is 24.2 Å². The van der Waals surface area contributed by atoms with Gasteiger partial charge in [-0.25, -0.2) is 9.07 Å². The number of fused-ring (bicyclic) bond motifs is 1. The number of carbonyl (C=O) groups excluding carboxylic acids is 1. The Bertz CT molecular complexity index is 1480. The van der Waals surface area contributed by atoms with Gasteiger partial charge in [0, 0.05) is 29.2 Å². The number of hydrogen-bond acceptors (Lipinski definition) is 3. The smallest absolute Gasteiger partial charge is 0.307 e. The van der Waals surface area contributed by atoms with Gasteiger partial charge < -0.3 is 10.0 Å². The number of amides is 1. The largest absolute Gasteiger partial charge is 0.481 e. The molecule has 0 bridgehead atoms. The van der Waals surface area contributed by atoms with Crippen molar-refractivity contribution in [1.29, 1.82) is 0 Å². The molecule has 9 heteroatoms. The van der Waals surface area contributed by atoms with Gasteiger partial charge in [0.2, 0.25) is 0 Å². The molecule has 0 aliphatic carbocycles. The van der Waals surface area contributed by atoms with E-state index in [0.29, 0.717) is 40.0 Å². The third kappa shape index (κ3) is 4.59. The maximum Gasteiger partial charge on any atom is 0.307 e. The summed E-state index contributed by atoms with van der Waals surface area (Å²) in [5, 5.41) is 15.3. The molecule has 0 unspecified atom stereocenters. The second-order valence-electron chi connectivity index (χ2n) is 8.51. The summed E-state index contributed by atoms with van der Waals surface area (Å²) in [6, 6.07) is 18.4. The van der Waals surface area contributed by atoms with Gasteiger partial charge in [-0.05, 0) is 53.9 Å². The van der Waals surface area contributed by atoms with Crippen LogP contribution in [0.1, 0.15) is 27.2 Å². The monoisotopic (exact) mass is 523 g/mol. The molecule has 0 saturated heterocycles. The molecule has 0 spiro atoms. The molecule has 4 aromatic rings. The first-order valence-corrected chi connectivity index (χ1v) is 12.0. The van der Waals surface area contributed by atoms with Crippen molar-refractivity contribution in [3.8, 4) is 16.9 Å². The lowest BCUT2D eigenvalue weighted by molar-refractivity contribution is -0.136. The zero-order chi connectivity index (χ0) is 25.4. The highest BCUT2D eigenvalue weighted by molar-refractivity contribution is 6.32. The molecule has 0 atom stereocenters. The van der Waals surface area contributed by atoms with Crippen LogP contribution in [-0.4, -0.2) is 38.2 Å². The minimum atomic E-state index is -1.10. The van der Waals surface area contributed by atoms with Gasteiger partial charge in [0.15, 0.2) is 5.69 Å². The summed E-state index contributed by atoms with van der Waals surface area (Å²) in [6.45, 7) is 0.632. The molecule has 1 aliphatic rings. The van der Waals surface area contributed by atoms with Crippen LogP contribution >= 0.6 is 23.2 Å². The fourth-order valence-electron chi connectivity index (χ4n) is 4.49. The van der Waals surface area contributed by atoms with Gasteiger partial charge in [-0.3, -0.25) is 9.59 Å². The Morgan fingerprint density at radius 3 is 2.47 bits per heavy atom. The number of carboxylic acid groups (broad SMARTS) is 1. The van der Waals surface area contributed by atoms with E-state index >= 15 is 0 Å². The van der Waals surface area contributed by atoms with Gasteiger partial charge in [0.05, 0.1) is 22.8 Å². The molecular formula is C27H20Cl2FN3O3. The Kier molecular flexibility index (Phi) is 6.51. The van der Waals surface area contributed by atoms with E-state index in [9.17, 15) is 19.1 Å². The number of benzene rings is 3. The lowest BCUT2D eigenvalue weighted by Gasteiger charge is -2.28. The average Bonchev–Trinajstić information content (AvgIpc) is 3.22. The number of rotatable bonds is 5. The van der Waals surface area contributed by atoms with Crippen LogP contribution in [0.25, 0.3) is 16.9 Å². The number of nitrogens with zero attached hydrogens (tertiary/aromatic N) is 3. The molecule has 1 N–H and O–H groups in total. The van der Waals surface area contributed by atoms with Crippen molar-refractivity contribution in [3.63, 3.8) is 0 Å². The van der Waals surface area contributed by atoms with Gasteiger partial charge in [-0.15, -0.1) is 0 Å². The predicted molar refractivity (Wildman–Crippen MR) is 135 cm³/mol. The predicted octanol–water partition coefficient (Wildman–Crippen LogP) is 5.81. The first-order valence-electron chi connectivity index (χ1n) is 11.2. The second kappa shape index (κ2) is 9.76. The molecule has 5 rings (SSSR count). The lowest BCUT2D eigenvalue weighted by atomic mass is 9.98. The van der Waals surface area contributed by atoms with E-state index in [2.05, 4.69) is 5.10 Å². The van der Waals surface area contributed by atoms with Crippen LogP contribution in [0.3, 0.4) is 0 Å². The molecule has 36 heavy (non-hydrogen) atoms. The zero-order valence-corrected chi connectivity index (χ0v) is 20.4. The van der Waals surface area contributed by atoms with Crippen LogP contribution < -0.4 is 0 Å². The maximum absolute atomic E-state index is 13.8. The zero-order valence-electron chi connectivity index (χ0n) is 18.9. The van der Waals surface area contributed by atoms with Gasteiger partial charge in [-0.1, -0.05) is 53.5 Å². The number of aliphatic carboxylic acids is 1. The Morgan fingerprint density at radius 1 is 1.00 bits per heavy atom. The van der Waals surface area contributed by atoms with E-state index in [1.54, 1.807) is 59.5 Å². The van der Waals surface area contributed by atoms with Crippen molar-refractivity contribution in [2.75, 3.05) is 6.54 Å². The number of carboxylic acids is 1. The van der Waals surface area contributed by atoms with Crippen molar-refractivity contribution in [2.24, 2.45) is 0 Å². The molecule has 1 aliphatic heterocycles. The number of carbonyl (C=O) groups is 2. The van der Waals surface area contributed by atoms with Gasteiger partial charge in [0.25, 0.3) is 5.91 Å². The maximum atomic E-state index is 13.8. The molecular weight excluding hydrogens is 504 g/mol. The van der Waals surface area contributed by atoms with Crippen LogP contribution in [0, 0.1) is 5.82 Å². The van der Waals surface area contributed by atoms with Crippen molar-refractivity contribution in [2.45, 2.75) is 19.4 Å². The highest BCUT2D eigenvalue weighted by Gasteiger charge is 2.31. The van der Waals surface area contributed by atoms with Gasteiger partial charge in [0.1, 0.15) is 5.82 Å². The van der Waals surface area contributed by atoms with Crippen molar-refractivity contribution < 1.29 is 19.1 Å². The normalized spacial score (nSPS) is 12.9. The third-order valence-electron chi connectivity index (χ3n) is 6.18. The first kappa shape index (κ1) is 24.0. The van der Waals surface area contributed by atoms with E-state index in [1.807, 2.05) is 0 Å². The Morgan fingerprint density at radius 2 is 1.75 bits per heavy atom. The van der Waals surface area contributed by atoms with E-state index in [-0.39, 0.29) is 23.6 Å². The summed E-state index contributed by atoms with van der Waals surface area (Å²) in [6.07, 6.45) is 0.0709.